The van der Waals surface area contributed by atoms with E-state index in [4.69, 9.17) is 4.74 Å². The Morgan fingerprint density at radius 3 is 2.67 bits per heavy atom. The summed E-state index contributed by atoms with van der Waals surface area (Å²) in [5.41, 5.74) is 0. The minimum absolute atomic E-state index is 0.819. The van der Waals surface area contributed by atoms with E-state index in [1.807, 2.05) is 6.08 Å². The number of hydrogen-bond donors (Lipinski definition) is 1. The van der Waals surface area contributed by atoms with E-state index in [2.05, 4.69) is 30.9 Å². The van der Waals surface area contributed by atoms with Crippen molar-refractivity contribution in [3.05, 3.63) is 12.7 Å². The summed E-state index contributed by atoms with van der Waals surface area (Å²) in [5, 5.41) is 3.36. The third kappa shape index (κ3) is 13.6. The van der Waals surface area contributed by atoms with Crippen LogP contribution in [0.1, 0.15) is 19.3 Å². The van der Waals surface area contributed by atoms with Crippen LogP contribution in [-0.2, 0) is 4.74 Å². The van der Waals surface area contributed by atoms with Gasteiger partial charge in [-0.25, -0.2) is 0 Å². The lowest BCUT2D eigenvalue weighted by Gasteiger charge is -2.09. The van der Waals surface area contributed by atoms with Gasteiger partial charge in [0.1, 0.15) is 0 Å². The molecule has 0 heterocycles. The topological polar surface area (TPSA) is 24.5 Å². The SMILES string of the molecule is C=CCCCOCCNCCCN(C)C. The van der Waals surface area contributed by atoms with E-state index < -0.39 is 0 Å². The van der Waals surface area contributed by atoms with Crippen molar-refractivity contribution in [1.82, 2.24) is 10.2 Å². The van der Waals surface area contributed by atoms with Crippen molar-refractivity contribution in [3.63, 3.8) is 0 Å². The first kappa shape index (κ1) is 14.6. The van der Waals surface area contributed by atoms with E-state index >= 15 is 0 Å². The maximum atomic E-state index is 5.44. The minimum atomic E-state index is 0.819. The van der Waals surface area contributed by atoms with Crippen LogP contribution >= 0.6 is 0 Å². The zero-order chi connectivity index (χ0) is 11.4. The number of rotatable bonds is 11. The number of nitrogens with zero attached hydrogens (tertiary/aromatic N) is 1. The highest BCUT2D eigenvalue weighted by Crippen LogP contribution is 1.89. The van der Waals surface area contributed by atoms with Gasteiger partial charge in [-0.3, -0.25) is 0 Å². The van der Waals surface area contributed by atoms with Crippen LogP contribution in [0.25, 0.3) is 0 Å². The molecule has 0 radical (unpaired) electrons. The molecule has 90 valence electrons. The van der Waals surface area contributed by atoms with E-state index in [-0.39, 0.29) is 0 Å². The Labute approximate surface area is 94.5 Å². The van der Waals surface area contributed by atoms with Gasteiger partial charge in [-0.2, -0.15) is 0 Å². The molecule has 15 heavy (non-hydrogen) atoms. The molecule has 0 aliphatic rings. The number of ether oxygens (including phenoxy) is 1. The van der Waals surface area contributed by atoms with Crippen molar-refractivity contribution in [2.75, 3.05) is 46.9 Å². The molecule has 0 bridgehead atoms. The average Bonchev–Trinajstić information content (AvgIpc) is 2.20. The molecule has 1 N–H and O–H groups in total. The monoisotopic (exact) mass is 214 g/mol. The Morgan fingerprint density at radius 2 is 2.00 bits per heavy atom. The predicted molar refractivity (Wildman–Crippen MR) is 66.3 cm³/mol. The summed E-state index contributed by atoms with van der Waals surface area (Å²) in [6.45, 7) is 8.53. The van der Waals surface area contributed by atoms with Crippen molar-refractivity contribution >= 4 is 0 Å². The highest BCUT2D eigenvalue weighted by molar-refractivity contribution is 4.64. The molecule has 0 aromatic rings. The molecular formula is C12H26N2O. The number of unbranched alkanes of at least 4 members (excludes halogenated alkanes) is 1. The maximum absolute atomic E-state index is 5.44. The summed E-state index contributed by atoms with van der Waals surface area (Å²) < 4.78 is 5.44. The minimum Gasteiger partial charge on any atom is -0.380 e. The molecule has 0 aliphatic heterocycles. The maximum Gasteiger partial charge on any atom is 0.0590 e. The molecule has 0 amide bonds. The lowest BCUT2D eigenvalue weighted by Crippen LogP contribution is -2.24. The number of allylic oxidation sites excluding steroid dienone is 1. The summed E-state index contributed by atoms with van der Waals surface area (Å²) in [5.74, 6) is 0. The van der Waals surface area contributed by atoms with Crippen LogP contribution in [0.15, 0.2) is 12.7 Å². The molecular weight excluding hydrogens is 188 g/mol. The normalized spacial score (nSPS) is 10.9. The molecule has 0 aliphatic carbocycles. The van der Waals surface area contributed by atoms with Crippen LogP contribution in [0.4, 0.5) is 0 Å². The Balaban J connectivity index is 2.89. The van der Waals surface area contributed by atoms with E-state index in [1.54, 1.807) is 0 Å². The highest BCUT2D eigenvalue weighted by Gasteiger charge is 1.91. The zero-order valence-corrected chi connectivity index (χ0v) is 10.3. The van der Waals surface area contributed by atoms with Crippen molar-refractivity contribution in [2.24, 2.45) is 0 Å². The van der Waals surface area contributed by atoms with Crippen LogP contribution in [0, 0.1) is 0 Å². The van der Waals surface area contributed by atoms with Gasteiger partial charge in [-0.1, -0.05) is 6.08 Å². The molecule has 0 saturated heterocycles. The molecule has 3 heteroatoms. The predicted octanol–water partition coefficient (Wildman–Crippen LogP) is 1.51. The Morgan fingerprint density at radius 1 is 1.20 bits per heavy atom. The van der Waals surface area contributed by atoms with Crippen LogP contribution in [-0.4, -0.2) is 51.8 Å². The summed E-state index contributed by atoms with van der Waals surface area (Å²) in [6, 6.07) is 0. The van der Waals surface area contributed by atoms with Gasteiger partial charge < -0.3 is 15.0 Å². The van der Waals surface area contributed by atoms with Crippen molar-refractivity contribution in [2.45, 2.75) is 19.3 Å². The molecule has 0 unspecified atom stereocenters. The van der Waals surface area contributed by atoms with Gasteiger partial charge in [-0.05, 0) is 46.4 Å². The van der Waals surface area contributed by atoms with Gasteiger partial charge in [-0.15, -0.1) is 6.58 Å². The Bertz CT molecular complexity index is 138. The molecule has 0 atom stereocenters. The summed E-state index contributed by atoms with van der Waals surface area (Å²) in [6.07, 6.45) is 5.27. The lowest BCUT2D eigenvalue weighted by atomic mass is 10.3. The molecule has 0 aromatic heterocycles. The molecule has 0 fully saturated rings. The quantitative estimate of drug-likeness (QED) is 0.417. The van der Waals surface area contributed by atoms with Crippen LogP contribution in [0.2, 0.25) is 0 Å². The summed E-state index contributed by atoms with van der Waals surface area (Å²) in [7, 11) is 4.20. The standard InChI is InChI=1S/C12H26N2O/c1-4-5-6-11-15-12-9-13-8-7-10-14(2)3/h4,13H,1,5-12H2,2-3H3. The largest absolute Gasteiger partial charge is 0.380 e. The van der Waals surface area contributed by atoms with Gasteiger partial charge >= 0.3 is 0 Å². The smallest absolute Gasteiger partial charge is 0.0590 e. The first-order valence-corrected chi connectivity index (χ1v) is 5.81. The number of nitrogens with one attached hydrogen (secondary N) is 1. The molecule has 3 nitrogen and oxygen atoms in total. The van der Waals surface area contributed by atoms with E-state index in [9.17, 15) is 0 Å². The van der Waals surface area contributed by atoms with Gasteiger partial charge in [0, 0.05) is 13.2 Å². The van der Waals surface area contributed by atoms with Crippen LogP contribution in [0.3, 0.4) is 0 Å². The molecule has 0 spiro atoms. The van der Waals surface area contributed by atoms with Crippen LogP contribution < -0.4 is 5.32 Å². The second-order valence-electron chi connectivity index (χ2n) is 3.95. The third-order valence-electron chi connectivity index (χ3n) is 2.08. The van der Waals surface area contributed by atoms with Gasteiger partial charge in [0.15, 0.2) is 0 Å². The van der Waals surface area contributed by atoms with Gasteiger partial charge in [0.2, 0.25) is 0 Å². The van der Waals surface area contributed by atoms with Crippen molar-refractivity contribution in [1.29, 1.82) is 0 Å². The van der Waals surface area contributed by atoms with E-state index in [0.29, 0.717) is 0 Å². The van der Waals surface area contributed by atoms with Crippen molar-refractivity contribution in [3.8, 4) is 0 Å². The second kappa shape index (κ2) is 11.7. The molecule has 0 rings (SSSR count). The fourth-order valence-corrected chi connectivity index (χ4v) is 1.22. The molecule has 0 saturated carbocycles. The van der Waals surface area contributed by atoms with E-state index in [1.165, 1.54) is 6.42 Å². The fraction of sp³-hybridized carbons (Fsp3) is 0.833. The van der Waals surface area contributed by atoms with Gasteiger partial charge in [0.05, 0.1) is 6.61 Å². The Kier molecular flexibility index (Phi) is 11.4. The summed E-state index contributed by atoms with van der Waals surface area (Å²) >= 11 is 0. The van der Waals surface area contributed by atoms with Crippen LogP contribution in [0.5, 0.6) is 0 Å². The Hall–Kier alpha value is -0.380. The second-order valence-corrected chi connectivity index (χ2v) is 3.95. The fourth-order valence-electron chi connectivity index (χ4n) is 1.22. The average molecular weight is 214 g/mol. The third-order valence-corrected chi connectivity index (χ3v) is 2.08. The first-order chi connectivity index (χ1) is 7.27. The van der Waals surface area contributed by atoms with Crippen molar-refractivity contribution < 1.29 is 4.74 Å². The number of hydrogen-bond acceptors (Lipinski definition) is 3. The lowest BCUT2D eigenvalue weighted by molar-refractivity contribution is 0.134. The highest BCUT2D eigenvalue weighted by atomic mass is 16.5. The first-order valence-electron chi connectivity index (χ1n) is 5.81. The van der Waals surface area contributed by atoms with Gasteiger partial charge in [0.25, 0.3) is 0 Å². The summed E-state index contributed by atoms with van der Waals surface area (Å²) in [4.78, 5) is 2.20. The molecule has 0 aromatic carbocycles. The zero-order valence-electron chi connectivity index (χ0n) is 10.3. The van der Waals surface area contributed by atoms with E-state index in [0.717, 1.165) is 45.7 Å².